The van der Waals surface area contributed by atoms with Gasteiger partial charge in [0.25, 0.3) is 5.91 Å². The fourth-order valence-electron chi connectivity index (χ4n) is 4.42. The van der Waals surface area contributed by atoms with Crippen molar-refractivity contribution in [2.75, 3.05) is 63.3 Å². The Morgan fingerprint density at radius 1 is 1.05 bits per heavy atom. The number of carbonyl (C=O) groups is 3. The molecule has 2 saturated heterocycles. The van der Waals surface area contributed by atoms with Gasteiger partial charge in [0.2, 0.25) is 5.91 Å². The molecule has 202 valence electrons. The molecule has 2 aromatic rings. The number of benzene rings is 2. The zero-order valence-corrected chi connectivity index (χ0v) is 22.4. The van der Waals surface area contributed by atoms with Crippen molar-refractivity contribution in [1.29, 1.82) is 0 Å². The van der Waals surface area contributed by atoms with Crippen LogP contribution in [-0.4, -0.2) is 91.8 Å². The van der Waals surface area contributed by atoms with Gasteiger partial charge < -0.3 is 24.4 Å². The van der Waals surface area contributed by atoms with E-state index in [4.69, 9.17) is 26.4 Å². The Morgan fingerprint density at radius 3 is 2.37 bits per heavy atom. The van der Waals surface area contributed by atoms with E-state index in [1.807, 2.05) is 4.90 Å². The minimum atomic E-state index is -0.746. The van der Waals surface area contributed by atoms with E-state index in [9.17, 15) is 14.4 Å². The van der Waals surface area contributed by atoms with Crippen molar-refractivity contribution in [3.05, 3.63) is 54.1 Å². The van der Waals surface area contributed by atoms with E-state index in [1.165, 1.54) is 4.90 Å². The van der Waals surface area contributed by atoms with Crippen molar-refractivity contribution in [3.63, 3.8) is 0 Å². The summed E-state index contributed by atoms with van der Waals surface area (Å²) in [5.74, 6) is -0.344. The first-order valence-corrected chi connectivity index (χ1v) is 13.0. The summed E-state index contributed by atoms with van der Waals surface area (Å²) in [6.45, 7) is 6.18. The molecule has 10 nitrogen and oxygen atoms in total. The molecule has 2 aromatic carbocycles. The van der Waals surface area contributed by atoms with Crippen LogP contribution in [0.3, 0.4) is 0 Å². The minimum absolute atomic E-state index is 0.0750. The van der Waals surface area contributed by atoms with Crippen LogP contribution in [0, 0.1) is 0 Å². The molecule has 11 heteroatoms. The van der Waals surface area contributed by atoms with Crippen LogP contribution in [0.15, 0.2) is 48.5 Å². The number of nitrogens with one attached hydrogen (secondary N) is 1. The topological polar surface area (TPSA) is 101 Å². The van der Waals surface area contributed by atoms with Crippen LogP contribution in [0.5, 0.6) is 5.75 Å². The number of methoxy groups -OCH3 is 1. The second-order valence-electron chi connectivity index (χ2n) is 8.87. The first-order valence-electron chi connectivity index (χ1n) is 12.6. The van der Waals surface area contributed by atoms with Crippen molar-refractivity contribution in [1.82, 2.24) is 9.80 Å². The maximum absolute atomic E-state index is 13.6. The smallest absolute Gasteiger partial charge is 0.338 e. The Hall–Kier alpha value is -3.54. The molecule has 1 N–H and O–H groups in total. The zero-order valence-electron chi connectivity index (χ0n) is 21.6. The number of ether oxygens (including phenoxy) is 3. The lowest BCUT2D eigenvalue weighted by Gasteiger charge is -2.30. The van der Waals surface area contributed by atoms with Gasteiger partial charge in [0, 0.05) is 31.9 Å². The fraction of sp³-hybridized carbons (Fsp3) is 0.407. The number of morpholine rings is 1. The van der Waals surface area contributed by atoms with E-state index in [-0.39, 0.29) is 24.8 Å². The number of hydrogen-bond acceptors (Lipinski definition) is 8. The van der Waals surface area contributed by atoms with Gasteiger partial charge in [-0.15, -0.1) is 0 Å². The average Bonchev–Trinajstić information content (AvgIpc) is 3.16. The van der Waals surface area contributed by atoms with Crippen LogP contribution in [0.4, 0.5) is 11.4 Å². The molecule has 1 unspecified atom stereocenters. The first-order chi connectivity index (χ1) is 18.4. The molecule has 2 aliphatic heterocycles. The third-order valence-corrected chi connectivity index (χ3v) is 6.89. The molecule has 0 radical (unpaired) electrons. The molecule has 1 atom stereocenters. The molecule has 0 aliphatic carbocycles. The highest BCUT2D eigenvalue weighted by Crippen LogP contribution is 2.29. The van der Waals surface area contributed by atoms with Gasteiger partial charge in [0.05, 0.1) is 44.6 Å². The summed E-state index contributed by atoms with van der Waals surface area (Å²) < 4.78 is 15.7. The molecule has 0 aromatic heterocycles. The normalized spacial score (nSPS) is 18.0. The Kier molecular flexibility index (Phi) is 9.27. The predicted octanol–water partition coefficient (Wildman–Crippen LogP) is 2.54. The molecule has 2 fully saturated rings. The van der Waals surface area contributed by atoms with E-state index in [0.717, 1.165) is 13.1 Å². The molecule has 2 aliphatic rings. The summed E-state index contributed by atoms with van der Waals surface area (Å²) in [5, 5.41) is 3.19. The number of anilines is 2. The van der Waals surface area contributed by atoms with Gasteiger partial charge in [-0.05, 0) is 67.7 Å². The van der Waals surface area contributed by atoms with Crippen LogP contribution in [-0.2, 0) is 19.1 Å². The number of hydrogen-bond donors (Lipinski definition) is 1. The molecule has 2 amide bonds. The highest BCUT2D eigenvalue weighted by Gasteiger charge is 2.44. The minimum Gasteiger partial charge on any atom is -0.497 e. The molecule has 2 heterocycles. The summed E-state index contributed by atoms with van der Waals surface area (Å²) in [6, 6.07) is 12.8. The maximum Gasteiger partial charge on any atom is 0.338 e. The van der Waals surface area contributed by atoms with Crippen LogP contribution in [0.25, 0.3) is 0 Å². The third-order valence-electron chi connectivity index (χ3n) is 6.47. The van der Waals surface area contributed by atoms with Crippen molar-refractivity contribution < 1.29 is 28.6 Å². The molecular formula is C27H32N4O6S. The van der Waals surface area contributed by atoms with Gasteiger partial charge in [-0.1, -0.05) is 0 Å². The highest BCUT2D eigenvalue weighted by atomic mass is 32.1. The van der Waals surface area contributed by atoms with Gasteiger partial charge in [-0.2, -0.15) is 0 Å². The number of rotatable bonds is 10. The second-order valence-corrected chi connectivity index (χ2v) is 9.23. The van der Waals surface area contributed by atoms with Crippen molar-refractivity contribution >= 4 is 46.5 Å². The van der Waals surface area contributed by atoms with E-state index >= 15 is 0 Å². The molecule has 4 rings (SSSR count). The van der Waals surface area contributed by atoms with Crippen LogP contribution in [0.1, 0.15) is 23.7 Å². The SMILES string of the molecule is CCOC(=O)c1ccc(NC(=O)CC2C(=O)N(c3ccc(OC)cc3)C(=S)N2CCN2CCOCC2)cc1. The Labute approximate surface area is 227 Å². The van der Waals surface area contributed by atoms with Gasteiger partial charge >= 0.3 is 5.97 Å². The van der Waals surface area contributed by atoms with Gasteiger partial charge in [0.15, 0.2) is 5.11 Å². The Bertz CT molecular complexity index is 1150. The quantitative estimate of drug-likeness (QED) is 0.360. The van der Waals surface area contributed by atoms with Crippen LogP contribution >= 0.6 is 12.2 Å². The maximum atomic E-state index is 13.6. The van der Waals surface area contributed by atoms with Gasteiger partial charge in [0.1, 0.15) is 11.8 Å². The molecule has 0 bridgehead atoms. The number of amides is 2. The number of nitrogens with zero attached hydrogens (tertiary/aromatic N) is 3. The van der Waals surface area contributed by atoms with E-state index in [0.29, 0.717) is 54.1 Å². The number of esters is 1. The largest absolute Gasteiger partial charge is 0.497 e. The number of carbonyl (C=O) groups excluding carboxylic acids is 3. The van der Waals surface area contributed by atoms with Gasteiger partial charge in [-0.3, -0.25) is 19.4 Å². The summed E-state index contributed by atoms with van der Waals surface area (Å²) in [6.07, 6.45) is -0.0750. The molecule has 0 saturated carbocycles. The second kappa shape index (κ2) is 12.8. The molecule has 38 heavy (non-hydrogen) atoms. The van der Waals surface area contributed by atoms with E-state index in [2.05, 4.69) is 10.2 Å². The van der Waals surface area contributed by atoms with Crippen LogP contribution < -0.4 is 15.0 Å². The summed E-state index contributed by atoms with van der Waals surface area (Å²) in [4.78, 5) is 44.1. The third kappa shape index (κ3) is 6.47. The fourth-order valence-corrected chi connectivity index (χ4v) is 4.84. The Morgan fingerprint density at radius 2 is 1.74 bits per heavy atom. The van der Waals surface area contributed by atoms with Gasteiger partial charge in [-0.25, -0.2) is 4.79 Å². The van der Waals surface area contributed by atoms with Crippen molar-refractivity contribution in [2.24, 2.45) is 0 Å². The summed E-state index contributed by atoms with van der Waals surface area (Å²) in [7, 11) is 1.58. The zero-order chi connectivity index (χ0) is 27.1. The standard InChI is InChI=1S/C27H32N4O6S/c1-3-37-26(34)19-4-6-20(7-5-19)28-24(32)18-23-25(33)31(21-8-10-22(35-2)11-9-21)27(38)30(23)13-12-29-14-16-36-17-15-29/h4-11,23H,3,12-18H2,1-2H3,(H,28,32). The molecule has 0 spiro atoms. The first kappa shape index (κ1) is 27.5. The predicted molar refractivity (Wildman–Crippen MR) is 146 cm³/mol. The van der Waals surface area contributed by atoms with Crippen molar-refractivity contribution in [2.45, 2.75) is 19.4 Å². The monoisotopic (exact) mass is 540 g/mol. The molecular weight excluding hydrogens is 508 g/mol. The lowest BCUT2D eigenvalue weighted by atomic mass is 10.1. The van der Waals surface area contributed by atoms with E-state index < -0.39 is 12.0 Å². The van der Waals surface area contributed by atoms with Crippen molar-refractivity contribution in [3.8, 4) is 5.75 Å². The Balaban J connectivity index is 1.48. The summed E-state index contributed by atoms with van der Waals surface area (Å²) in [5.41, 5.74) is 1.53. The van der Waals surface area contributed by atoms with E-state index in [1.54, 1.807) is 62.6 Å². The average molecular weight is 541 g/mol. The lowest BCUT2D eigenvalue weighted by Crippen LogP contribution is -2.45. The highest BCUT2D eigenvalue weighted by molar-refractivity contribution is 7.80. The lowest BCUT2D eigenvalue weighted by molar-refractivity contribution is -0.124. The van der Waals surface area contributed by atoms with Crippen LogP contribution in [0.2, 0.25) is 0 Å². The number of thiocarbonyl (C=S) groups is 1. The summed E-state index contributed by atoms with van der Waals surface area (Å²) >= 11 is 5.75.